The van der Waals surface area contributed by atoms with Gasteiger partial charge in [0, 0.05) is 24.7 Å². The third-order valence-corrected chi connectivity index (χ3v) is 8.51. The lowest BCUT2D eigenvalue weighted by Gasteiger charge is -2.34. The zero-order chi connectivity index (χ0) is 41.8. The summed E-state index contributed by atoms with van der Waals surface area (Å²) in [7, 11) is 2.27. The number of rotatable bonds is 8. The van der Waals surface area contributed by atoms with Crippen LogP contribution in [0, 0.1) is 27.6 Å². The fourth-order valence-corrected chi connectivity index (χ4v) is 4.55. The fourth-order valence-electron chi connectivity index (χ4n) is 3.55. The van der Waals surface area contributed by atoms with Gasteiger partial charge in [-0.3, -0.25) is 0 Å². The van der Waals surface area contributed by atoms with Crippen molar-refractivity contribution in [2.24, 2.45) is 27.6 Å². The van der Waals surface area contributed by atoms with Gasteiger partial charge in [-0.05, 0) is 41.4 Å². The Hall–Kier alpha value is -3.01. The molecular weight excluding hydrogens is 682 g/mol. The number of carbonyl (C=O) groups excluding carboxylic acids is 4. The van der Waals surface area contributed by atoms with Gasteiger partial charge < -0.3 is 40.2 Å². The van der Waals surface area contributed by atoms with Crippen molar-refractivity contribution < 1.29 is 46.5 Å². The lowest BCUT2D eigenvalue weighted by atomic mass is 9.80. The summed E-state index contributed by atoms with van der Waals surface area (Å²) in [6.07, 6.45) is -0.594. The maximum atomic E-state index is 11.1. The zero-order valence-electron chi connectivity index (χ0n) is 35.6. The van der Waals surface area contributed by atoms with Gasteiger partial charge >= 0.3 is 24.4 Å². The van der Waals surface area contributed by atoms with Crippen LogP contribution in [0.3, 0.4) is 0 Å². The highest BCUT2D eigenvalue weighted by Crippen LogP contribution is 2.25. The Balaban J connectivity index is -0.000000292. The summed E-state index contributed by atoms with van der Waals surface area (Å²) >= 11 is 0. The first kappa shape index (κ1) is 54.8. The minimum Gasteiger partial charge on any atom is -0.453 e. The van der Waals surface area contributed by atoms with Gasteiger partial charge in [-0.25, -0.2) is 32.3 Å². The van der Waals surface area contributed by atoms with Crippen molar-refractivity contribution >= 4 is 34.4 Å². The number of hydrogen-bond acceptors (Lipinski definition) is 10. The van der Waals surface area contributed by atoms with E-state index in [1.807, 2.05) is 55.4 Å². The van der Waals surface area contributed by atoms with Crippen molar-refractivity contribution in [3.05, 3.63) is 0 Å². The Morgan fingerprint density at radius 2 is 0.882 bits per heavy atom. The van der Waals surface area contributed by atoms with Gasteiger partial charge in [-0.2, -0.15) is 0 Å². The molecule has 4 atom stereocenters. The van der Waals surface area contributed by atoms with Crippen molar-refractivity contribution in [2.75, 3.05) is 41.2 Å². The van der Waals surface area contributed by atoms with Gasteiger partial charge in [0.1, 0.15) is 0 Å². The normalized spacial score (nSPS) is 14.1. The summed E-state index contributed by atoms with van der Waals surface area (Å²) in [6, 6.07) is -0.00792. The van der Waals surface area contributed by atoms with Gasteiger partial charge in [0.05, 0.1) is 40.7 Å². The number of alkyl carbamates (subject to hydrolysis) is 4. The standard InChI is InChI=1S/C10H20N2O4.C10H21NO2.C8H17NO2.C7H17NO2S/c1-10(2,3)7(12-9(14)16-5)6-11-8(13)15-4;1-7(2)8(10(3,4)5)11-9(12)13-6;1-6(8(2,3)4)9-7(10)11-5;1-6(7(2,3)4)8-11(5,9)10/h7H,6H2,1-5H3,(H,11,13)(H,12,14);7-8H,1-6H3,(H,11,12);6H,1-5H3,(H,9,10);6,8H,1-5H3. The van der Waals surface area contributed by atoms with Crippen LogP contribution >= 0.6 is 0 Å². The lowest BCUT2D eigenvalue weighted by molar-refractivity contribution is 0.142. The highest BCUT2D eigenvalue weighted by Gasteiger charge is 2.29. The van der Waals surface area contributed by atoms with E-state index in [4.69, 9.17) is 0 Å². The Morgan fingerprint density at radius 1 is 0.529 bits per heavy atom. The molecule has 0 aromatic rings. The lowest BCUT2D eigenvalue weighted by Crippen LogP contribution is -2.50. The highest BCUT2D eigenvalue weighted by molar-refractivity contribution is 7.88. The van der Waals surface area contributed by atoms with Crippen molar-refractivity contribution in [1.29, 1.82) is 0 Å². The largest absolute Gasteiger partial charge is 0.453 e. The van der Waals surface area contributed by atoms with E-state index in [0.29, 0.717) is 5.92 Å². The molecule has 0 saturated carbocycles. The molecule has 15 nitrogen and oxygen atoms in total. The SMILES string of the molecule is CC(NS(C)(=O)=O)C(C)(C)C.COC(=O)NC(C(C)C)C(C)(C)C.COC(=O)NC(C)C(C)(C)C.COC(=O)NCC(NC(=O)OC)C(C)(C)C. The molecule has 0 aromatic carbocycles. The molecule has 16 heteroatoms. The topological polar surface area (TPSA) is 199 Å². The molecule has 0 fully saturated rings. The van der Waals surface area contributed by atoms with Crippen LogP contribution in [0.4, 0.5) is 19.2 Å². The van der Waals surface area contributed by atoms with Crippen molar-refractivity contribution in [2.45, 2.75) is 135 Å². The van der Waals surface area contributed by atoms with E-state index in [-0.39, 0.29) is 64.6 Å². The second-order valence-electron chi connectivity index (χ2n) is 16.9. The van der Waals surface area contributed by atoms with Crippen LogP contribution in [-0.4, -0.2) is 98.2 Å². The quantitative estimate of drug-likeness (QED) is 0.176. The van der Waals surface area contributed by atoms with Crippen molar-refractivity contribution in [3.8, 4) is 0 Å². The number of ether oxygens (including phenoxy) is 4. The first-order valence-electron chi connectivity index (χ1n) is 16.9. The molecule has 0 aliphatic rings. The van der Waals surface area contributed by atoms with Crippen LogP contribution in [0.5, 0.6) is 0 Å². The Kier molecular flexibility index (Phi) is 26.1. The number of methoxy groups -OCH3 is 4. The Morgan fingerprint density at radius 3 is 1.14 bits per heavy atom. The van der Waals surface area contributed by atoms with E-state index in [1.165, 1.54) is 34.7 Å². The van der Waals surface area contributed by atoms with E-state index >= 15 is 0 Å². The van der Waals surface area contributed by atoms with E-state index < -0.39 is 22.2 Å². The molecule has 5 N–H and O–H groups in total. The van der Waals surface area contributed by atoms with E-state index in [1.54, 1.807) is 0 Å². The van der Waals surface area contributed by atoms with Crippen LogP contribution in [0.25, 0.3) is 0 Å². The number of carbonyl (C=O) groups is 4. The van der Waals surface area contributed by atoms with Crippen LogP contribution in [0.15, 0.2) is 0 Å². The third-order valence-electron chi connectivity index (χ3n) is 7.73. The molecule has 0 aliphatic carbocycles. The molecule has 0 radical (unpaired) electrons. The van der Waals surface area contributed by atoms with Gasteiger partial charge in [0.2, 0.25) is 10.0 Å². The average Bonchev–Trinajstić information content (AvgIpc) is 2.95. The molecule has 0 rings (SSSR count). The molecule has 0 heterocycles. The fraction of sp³-hybridized carbons (Fsp3) is 0.886. The highest BCUT2D eigenvalue weighted by atomic mass is 32.2. The van der Waals surface area contributed by atoms with E-state index in [2.05, 4.69) is 100 Å². The summed E-state index contributed by atoms with van der Waals surface area (Å²) in [5, 5.41) is 10.7. The minimum atomic E-state index is -3.06. The summed E-state index contributed by atoms with van der Waals surface area (Å²) < 4.78 is 42.1. The maximum absolute atomic E-state index is 11.1. The average molecular weight is 758 g/mol. The Bertz CT molecular complexity index is 1120. The Labute approximate surface area is 310 Å². The summed E-state index contributed by atoms with van der Waals surface area (Å²) in [4.78, 5) is 43.8. The molecule has 0 bridgehead atoms. The van der Waals surface area contributed by atoms with Gasteiger partial charge in [-0.1, -0.05) is 96.9 Å². The van der Waals surface area contributed by atoms with Crippen molar-refractivity contribution in [3.63, 3.8) is 0 Å². The van der Waals surface area contributed by atoms with Crippen LogP contribution < -0.4 is 26.0 Å². The van der Waals surface area contributed by atoms with Crippen LogP contribution in [0.2, 0.25) is 0 Å². The van der Waals surface area contributed by atoms with Gasteiger partial charge in [0.25, 0.3) is 0 Å². The van der Waals surface area contributed by atoms with E-state index in [9.17, 15) is 27.6 Å². The second-order valence-corrected chi connectivity index (χ2v) is 18.6. The molecule has 306 valence electrons. The molecule has 0 saturated heterocycles. The van der Waals surface area contributed by atoms with Crippen molar-refractivity contribution in [1.82, 2.24) is 26.0 Å². The number of hydrogen-bond donors (Lipinski definition) is 5. The van der Waals surface area contributed by atoms with E-state index in [0.717, 1.165) is 0 Å². The summed E-state index contributed by atoms with van der Waals surface area (Å²) in [5.41, 5.74) is -0.0885. The number of sulfonamides is 1. The maximum Gasteiger partial charge on any atom is 0.407 e. The van der Waals surface area contributed by atoms with Gasteiger partial charge in [0.15, 0.2) is 0 Å². The first-order valence-corrected chi connectivity index (χ1v) is 18.8. The monoisotopic (exact) mass is 758 g/mol. The molecular formula is C35H75N5O10S. The first-order chi connectivity index (χ1) is 22.6. The number of nitrogens with one attached hydrogen (secondary N) is 5. The zero-order valence-corrected chi connectivity index (χ0v) is 36.4. The molecule has 51 heavy (non-hydrogen) atoms. The predicted molar refractivity (Wildman–Crippen MR) is 204 cm³/mol. The van der Waals surface area contributed by atoms with Crippen LogP contribution in [-0.2, 0) is 29.0 Å². The number of amides is 4. The molecule has 0 aliphatic heterocycles. The summed E-state index contributed by atoms with van der Waals surface area (Å²) in [5.74, 6) is 0.402. The summed E-state index contributed by atoms with van der Waals surface area (Å²) in [6.45, 7) is 32.6. The molecule has 4 amide bonds. The third kappa shape index (κ3) is 31.5. The van der Waals surface area contributed by atoms with Crippen LogP contribution in [0.1, 0.15) is 111 Å². The predicted octanol–water partition coefficient (Wildman–Crippen LogP) is 6.27. The molecule has 0 spiro atoms. The molecule has 4 unspecified atom stereocenters. The second kappa shape index (κ2) is 24.3. The minimum absolute atomic E-state index is 0.0247. The van der Waals surface area contributed by atoms with Gasteiger partial charge in [-0.15, -0.1) is 0 Å². The molecule has 0 aromatic heterocycles. The smallest absolute Gasteiger partial charge is 0.407 e.